The summed E-state index contributed by atoms with van der Waals surface area (Å²) < 4.78 is 0. The second-order valence-electron chi connectivity index (χ2n) is 5.70. The van der Waals surface area contributed by atoms with E-state index in [1.54, 1.807) is 6.92 Å². The molecule has 0 saturated carbocycles. The topological polar surface area (TPSA) is 34.1 Å². The highest BCUT2D eigenvalue weighted by atomic mass is 16.2. The number of benzene rings is 1. The van der Waals surface area contributed by atoms with E-state index >= 15 is 0 Å². The van der Waals surface area contributed by atoms with E-state index in [-0.39, 0.29) is 11.6 Å². The fourth-order valence-corrected chi connectivity index (χ4v) is 3.71. The van der Waals surface area contributed by atoms with Gasteiger partial charge in [0.15, 0.2) is 11.6 Å². The average molecular weight is 240 g/mol. The zero-order valence-electron chi connectivity index (χ0n) is 11.1. The first-order valence-electron chi connectivity index (χ1n) is 6.24. The van der Waals surface area contributed by atoms with Crippen LogP contribution in [0.2, 0.25) is 0 Å². The third-order valence-electron chi connectivity index (χ3n) is 5.27. The molecule has 2 aliphatic carbocycles. The molecule has 1 aromatic rings. The molecule has 0 aromatic heterocycles. The highest BCUT2D eigenvalue weighted by Gasteiger charge is 2.66. The van der Waals surface area contributed by atoms with Gasteiger partial charge in [-0.1, -0.05) is 36.8 Å². The van der Waals surface area contributed by atoms with Gasteiger partial charge >= 0.3 is 0 Å². The van der Waals surface area contributed by atoms with Crippen molar-refractivity contribution < 1.29 is 9.59 Å². The van der Waals surface area contributed by atoms with E-state index < -0.39 is 10.8 Å². The lowest BCUT2D eigenvalue weighted by Crippen LogP contribution is -2.43. The molecule has 0 aliphatic heterocycles. The highest BCUT2D eigenvalue weighted by Crippen LogP contribution is 2.60. The lowest BCUT2D eigenvalue weighted by Gasteiger charge is -2.34. The number of fused-ring (bicyclic) bond motifs is 3. The Labute approximate surface area is 107 Å². The summed E-state index contributed by atoms with van der Waals surface area (Å²) in [6.07, 6.45) is 0. The normalized spacial score (nSPS) is 34.0. The van der Waals surface area contributed by atoms with Crippen molar-refractivity contribution in [2.24, 2.45) is 5.41 Å². The summed E-state index contributed by atoms with van der Waals surface area (Å²) in [5.74, 6) is -0.0366. The SMILES string of the molecule is CC1=C(C)C2(C)c3ccccc3C(=O)C2(C)C1=O. The number of hydrogen-bond donors (Lipinski definition) is 0. The lowest BCUT2D eigenvalue weighted by atomic mass is 9.65. The zero-order chi connectivity index (χ0) is 13.3. The largest absolute Gasteiger partial charge is 0.293 e. The van der Waals surface area contributed by atoms with Crippen molar-refractivity contribution in [2.45, 2.75) is 33.1 Å². The second-order valence-corrected chi connectivity index (χ2v) is 5.70. The lowest BCUT2D eigenvalue weighted by molar-refractivity contribution is -0.122. The molecule has 0 bridgehead atoms. The standard InChI is InChI=1S/C16H16O2/c1-9-10(2)15(3)12-8-6-5-7-11(12)14(18)16(15,4)13(9)17/h5-8H,1-4H3. The third kappa shape index (κ3) is 0.858. The molecule has 0 spiro atoms. The number of Topliss-reactive ketones (excluding diaryl/α,β-unsaturated/α-hetero) is 2. The molecule has 2 atom stereocenters. The van der Waals surface area contributed by atoms with E-state index in [4.69, 9.17) is 0 Å². The molecule has 0 radical (unpaired) electrons. The van der Waals surface area contributed by atoms with E-state index in [1.807, 2.05) is 45.0 Å². The van der Waals surface area contributed by atoms with Gasteiger partial charge in [-0.25, -0.2) is 0 Å². The molecule has 1 aromatic carbocycles. The molecular weight excluding hydrogens is 224 g/mol. The van der Waals surface area contributed by atoms with Crippen molar-refractivity contribution in [1.82, 2.24) is 0 Å². The number of hydrogen-bond acceptors (Lipinski definition) is 2. The Bertz CT molecular complexity index is 638. The molecule has 92 valence electrons. The highest BCUT2D eigenvalue weighted by molar-refractivity contribution is 6.26. The van der Waals surface area contributed by atoms with Gasteiger partial charge in [-0.2, -0.15) is 0 Å². The van der Waals surface area contributed by atoms with E-state index in [0.29, 0.717) is 5.56 Å². The van der Waals surface area contributed by atoms with Gasteiger partial charge in [-0.3, -0.25) is 9.59 Å². The molecule has 0 fully saturated rings. The van der Waals surface area contributed by atoms with Gasteiger partial charge in [0, 0.05) is 11.0 Å². The van der Waals surface area contributed by atoms with Crippen LogP contribution in [0.4, 0.5) is 0 Å². The number of carbonyl (C=O) groups excluding carboxylic acids is 2. The van der Waals surface area contributed by atoms with Gasteiger partial charge in [0.2, 0.25) is 0 Å². The number of ketones is 2. The summed E-state index contributed by atoms with van der Waals surface area (Å²) in [6.45, 7) is 7.65. The maximum Gasteiger partial charge on any atom is 0.178 e. The van der Waals surface area contributed by atoms with Crippen LogP contribution in [-0.4, -0.2) is 11.6 Å². The predicted octanol–water partition coefficient (Wildman–Crippen LogP) is 3.07. The Balaban J connectivity index is 2.44. The van der Waals surface area contributed by atoms with E-state index in [0.717, 1.165) is 16.7 Å². The molecule has 0 amide bonds. The van der Waals surface area contributed by atoms with Crippen LogP contribution < -0.4 is 0 Å². The Morgan fingerprint density at radius 3 is 2.17 bits per heavy atom. The number of allylic oxidation sites excluding steroid dienone is 2. The van der Waals surface area contributed by atoms with Crippen molar-refractivity contribution in [3.63, 3.8) is 0 Å². The monoisotopic (exact) mass is 240 g/mol. The van der Waals surface area contributed by atoms with Gasteiger partial charge in [-0.05, 0) is 31.9 Å². The minimum absolute atomic E-state index is 0.0105. The molecule has 3 rings (SSSR count). The van der Waals surface area contributed by atoms with Crippen LogP contribution in [-0.2, 0) is 10.2 Å². The first kappa shape index (κ1) is 11.4. The van der Waals surface area contributed by atoms with Crippen molar-refractivity contribution in [3.8, 4) is 0 Å². The van der Waals surface area contributed by atoms with Gasteiger partial charge in [0.25, 0.3) is 0 Å². The van der Waals surface area contributed by atoms with Crippen molar-refractivity contribution >= 4 is 11.6 Å². The quantitative estimate of drug-likeness (QED) is 0.653. The van der Waals surface area contributed by atoms with Crippen LogP contribution in [0, 0.1) is 5.41 Å². The molecule has 2 unspecified atom stereocenters. The van der Waals surface area contributed by atoms with Crippen molar-refractivity contribution in [2.75, 3.05) is 0 Å². The average Bonchev–Trinajstić information content (AvgIpc) is 2.65. The van der Waals surface area contributed by atoms with Gasteiger partial charge in [0.1, 0.15) is 5.41 Å². The summed E-state index contributed by atoms with van der Waals surface area (Å²) in [6, 6.07) is 7.62. The number of rotatable bonds is 0. The van der Waals surface area contributed by atoms with E-state index in [9.17, 15) is 9.59 Å². The van der Waals surface area contributed by atoms with Crippen LogP contribution in [0.3, 0.4) is 0 Å². The van der Waals surface area contributed by atoms with Gasteiger partial charge in [-0.15, -0.1) is 0 Å². The smallest absolute Gasteiger partial charge is 0.178 e. The third-order valence-corrected chi connectivity index (χ3v) is 5.27. The summed E-state index contributed by atoms with van der Waals surface area (Å²) in [7, 11) is 0. The first-order valence-corrected chi connectivity index (χ1v) is 6.24. The Morgan fingerprint density at radius 2 is 1.50 bits per heavy atom. The fourth-order valence-electron chi connectivity index (χ4n) is 3.71. The molecule has 2 heteroatoms. The predicted molar refractivity (Wildman–Crippen MR) is 69.6 cm³/mol. The van der Waals surface area contributed by atoms with Crippen molar-refractivity contribution in [1.29, 1.82) is 0 Å². The Morgan fingerprint density at radius 1 is 0.889 bits per heavy atom. The van der Waals surface area contributed by atoms with E-state index in [2.05, 4.69) is 0 Å². The van der Waals surface area contributed by atoms with Crippen molar-refractivity contribution in [3.05, 3.63) is 46.5 Å². The van der Waals surface area contributed by atoms with Crippen LogP contribution in [0.1, 0.15) is 43.6 Å². The van der Waals surface area contributed by atoms with Crippen LogP contribution in [0.15, 0.2) is 35.4 Å². The Hall–Kier alpha value is -1.70. The molecule has 0 heterocycles. The summed E-state index contributed by atoms with van der Waals surface area (Å²) >= 11 is 0. The number of carbonyl (C=O) groups is 2. The minimum atomic E-state index is -0.940. The summed E-state index contributed by atoms with van der Waals surface area (Å²) in [5.41, 5.74) is 2.09. The maximum atomic E-state index is 12.7. The molecular formula is C16H16O2. The van der Waals surface area contributed by atoms with Gasteiger partial charge < -0.3 is 0 Å². The Kier molecular flexibility index (Phi) is 1.90. The molecule has 2 aliphatic rings. The first-order chi connectivity index (χ1) is 8.36. The van der Waals surface area contributed by atoms with Crippen LogP contribution in [0.25, 0.3) is 0 Å². The summed E-state index contributed by atoms with van der Waals surface area (Å²) in [5, 5.41) is 0. The zero-order valence-corrected chi connectivity index (χ0v) is 11.1. The molecule has 0 N–H and O–H groups in total. The van der Waals surface area contributed by atoms with E-state index in [1.165, 1.54) is 0 Å². The molecule has 0 saturated heterocycles. The van der Waals surface area contributed by atoms with Crippen LogP contribution >= 0.6 is 0 Å². The minimum Gasteiger partial charge on any atom is -0.293 e. The summed E-state index contributed by atoms with van der Waals surface area (Å²) in [4.78, 5) is 25.2. The fraction of sp³-hybridized carbons (Fsp3) is 0.375. The van der Waals surface area contributed by atoms with Crippen LogP contribution in [0.5, 0.6) is 0 Å². The molecule has 18 heavy (non-hydrogen) atoms. The van der Waals surface area contributed by atoms with Gasteiger partial charge in [0.05, 0.1) is 0 Å². The second kappa shape index (κ2) is 3.00. The maximum absolute atomic E-state index is 12.7. The molecule has 2 nitrogen and oxygen atoms in total.